The van der Waals surface area contributed by atoms with Crippen LogP contribution >= 0.6 is 11.6 Å². The summed E-state index contributed by atoms with van der Waals surface area (Å²) in [5, 5.41) is 0.482. The topological polar surface area (TPSA) is 119 Å². The largest absolute Gasteiger partial charge is 0.493 e. The summed E-state index contributed by atoms with van der Waals surface area (Å²) in [5.41, 5.74) is 10.4. The molecular weight excluding hydrogens is 613 g/mol. The van der Waals surface area contributed by atoms with E-state index in [-0.39, 0.29) is 29.2 Å². The zero-order chi connectivity index (χ0) is 32.4. The van der Waals surface area contributed by atoms with Gasteiger partial charge in [0.1, 0.15) is 17.3 Å². The van der Waals surface area contributed by atoms with E-state index in [0.717, 1.165) is 37.4 Å². The monoisotopic (exact) mass is 645 g/mol. The van der Waals surface area contributed by atoms with Crippen molar-refractivity contribution in [3.63, 3.8) is 0 Å². The molecular formula is C33H33ClFN7O4. The number of benzene rings is 3. The number of carbonyl (C=O) groups is 1. The minimum Gasteiger partial charge on any atom is -0.493 e. The maximum absolute atomic E-state index is 13.8. The molecule has 2 N–H and O–H groups in total. The Morgan fingerprint density at radius 2 is 1.65 bits per heavy atom. The van der Waals surface area contributed by atoms with E-state index in [2.05, 4.69) is 24.8 Å². The van der Waals surface area contributed by atoms with Crippen LogP contribution < -0.4 is 29.7 Å². The highest BCUT2D eigenvalue weighted by Gasteiger charge is 2.36. The van der Waals surface area contributed by atoms with E-state index in [1.807, 2.05) is 18.2 Å². The molecule has 1 saturated heterocycles. The highest BCUT2D eigenvalue weighted by molar-refractivity contribution is 6.55. The third-order valence-corrected chi connectivity index (χ3v) is 8.31. The number of aromatic nitrogens is 2. The third kappa shape index (κ3) is 6.26. The number of hydrogen-bond donors (Lipinski definition) is 1. The Kier molecular flexibility index (Phi) is 8.91. The van der Waals surface area contributed by atoms with Crippen molar-refractivity contribution in [3.05, 3.63) is 88.3 Å². The number of amides is 1. The maximum Gasteiger partial charge on any atom is 0.278 e. The van der Waals surface area contributed by atoms with Crippen LogP contribution in [0.3, 0.4) is 0 Å². The van der Waals surface area contributed by atoms with Crippen molar-refractivity contribution < 1.29 is 23.4 Å². The van der Waals surface area contributed by atoms with Crippen molar-refractivity contribution in [2.75, 3.05) is 69.7 Å². The molecule has 13 heteroatoms. The fraction of sp³-hybridized carbons (Fsp3) is 0.273. The lowest BCUT2D eigenvalue weighted by Gasteiger charge is -2.37. The van der Waals surface area contributed by atoms with Gasteiger partial charge >= 0.3 is 0 Å². The van der Waals surface area contributed by atoms with Gasteiger partial charge in [-0.3, -0.25) is 14.6 Å². The van der Waals surface area contributed by atoms with Crippen LogP contribution in [0.1, 0.15) is 16.7 Å². The number of nitrogens with two attached hydrogens (primary N) is 1. The van der Waals surface area contributed by atoms with Gasteiger partial charge in [-0.15, -0.1) is 0 Å². The number of nitrogens with zero attached hydrogens (tertiary/aromatic N) is 6. The summed E-state index contributed by atoms with van der Waals surface area (Å²) in [6, 6.07) is 15.5. The molecule has 0 unspecified atom stereocenters. The van der Waals surface area contributed by atoms with Gasteiger partial charge in [-0.05, 0) is 60.2 Å². The Morgan fingerprint density at radius 3 is 2.28 bits per heavy atom. The number of fused-ring (bicyclic) bond motifs is 1. The van der Waals surface area contributed by atoms with Gasteiger partial charge in [0, 0.05) is 60.6 Å². The fourth-order valence-electron chi connectivity index (χ4n) is 5.69. The van der Waals surface area contributed by atoms with Crippen molar-refractivity contribution in [2.45, 2.75) is 6.42 Å². The number of rotatable bonds is 9. The molecule has 11 nitrogen and oxygen atoms in total. The lowest BCUT2D eigenvalue weighted by atomic mass is 10.1. The maximum atomic E-state index is 13.8. The number of anilines is 3. The van der Waals surface area contributed by atoms with Crippen LogP contribution in [-0.4, -0.2) is 80.7 Å². The van der Waals surface area contributed by atoms with E-state index in [9.17, 15) is 9.18 Å². The first-order chi connectivity index (χ1) is 22.3. The van der Waals surface area contributed by atoms with Crippen LogP contribution in [0.5, 0.6) is 17.2 Å². The molecule has 6 rings (SSSR count). The lowest BCUT2D eigenvalue weighted by Crippen LogP contribution is -2.51. The van der Waals surface area contributed by atoms with Gasteiger partial charge in [0.15, 0.2) is 11.5 Å². The van der Waals surface area contributed by atoms with Crippen molar-refractivity contribution in [3.8, 4) is 17.2 Å². The highest BCUT2D eigenvalue weighted by atomic mass is 35.5. The minimum absolute atomic E-state index is 0.0650. The van der Waals surface area contributed by atoms with Gasteiger partial charge < -0.3 is 24.8 Å². The average molecular weight is 646 g/mol. The highest BCUT2D eigenvalue weighted by Crippen LogP contribution is 2.39. The molecule has 0 spiro atoms. The summed E-state index contributed by atoms with van der Waals surface area (Å²) in [6.07, 6.45) is 2.00. The Hall–Kier alpha value is -4.94. The number of hydrogen-bond acceptors (Lipinski definition) is 10. The fourth-order valence-corrected chi connectivity index (χ4v) is 5.86. The Balaban J connectivity index is 1.20. The minimum atomic E-state index is -0.276. The standard InChI is InChI=1S/C33H33ClFN7O4/c1-44-27-15-20(16-28(45-2)30(27)46-3)14-21-18-37-33(39-31(21)36)38-29-25-17-22(34)4-9-26(25)42(32(29)43)19-40-10-12-41(13-11-40)24-7-5-23(35)6-8-24/h4-9,15-18H,10-14,19H2,1-3H3,(H2,36,37,39)/b38-29-. The van der Waals surface area contributed by atoms with Gasteiger partial charge in [0.2, 0.25) is 5.75 Å². The van der Waals surface area contributed by atoms with E-state index < -0.39 is 0 Å². The van der Waals surface area contributed by atoms with Crippen molar-refractivity contribution in [2.24, 2.45) is 4.99 Å². The number of aliphatic imine (C=N–C) groups is 1. The summed E-state index contributed by atoms with van der Waals surface area (Å²) < 4.78 is 29.7. The molecule has 1 aromatic heterocycles. The molecule has 1 fully saturated rings. The molecule has 4 aromatic rings. The van der Waals surface area contributed by atoms with E-state index in [1.54, 1.807) is 56.7 Å². The molecule has 0 saturated carbocycles. The molecule has 0 bridgehead atoms. The first-order valence-corrected chi connectivity index (χ1v) is 15.0. The molecule has 3 aromatic carbocycles. The lowest BCUT2D eigenvalue weighted by molar-refractivity contribution is -0.112. The van der Waals surface area contributed by atoms with E-state index >= 15 is 0 Å². The van der Waals surface area contributed by atoms with Crippen molar-refractivity contribution in [1.82, 2.24) is 14.9 Å². The molecule has 0 radical (unpaired) electrons. The average Bonchev–Trinajstić information content (AvgIpc) is 3.31. The predicted octanol–water partition coefficient (Wildman–Crippen LogP) is 4.72. The third-order valence-electron chi connectivity index (χ3n) is 8.07. The molecule has 0 aliphatic carbocycles. The number of halogens is 2. The molecule has 46 heavy (non-hydrogen) atoms. The summed E-state index contributed by atoms with van der Waals surface area (Å²) in [5.74, 6) is 1.30. The van der Waals surface area contributed by atoms with Crippen LogP contribution in [0.2, 0.25) is 5.02 Å². The molecule has 2 aliphatic rings. The van der Waals surface area contributed by atoms with Gasteiger partial charge in [-0.2, -0.15) is 4.98 Å². The van der Waals surface area contributed by atoms with Gasteiger partial charge in [0.25, 0.3) is 11.9 Å². The Labute approximate surface area is 271 Å². The number of nitrogen functional groups attached to an aromatic ring is 1. The summed E-state index contributed by atoms with van der Waals surface area (Å²) >= 11 is 6.35. The zero-order valence-corrected chi connectivity index (χ0v) is 26.4. The summed E-state index contributed by atoms with van der Waals surface area (Å²) in [4.78, 5) is 33.3. The van der Waals surface area contributed by atoms with Gasteiger partial charge in [-0.1, -0.05) is 11.6 Å². The van der Waals surface area contributed by atoms with Gasteiger partial charge in [0.05, 0.1) is 33.7 Å². The molecule has 1 amide bonds. The van der Waals surface area contributed by atoms with E-state index in [4.69, 9.17) is 31.5 Å². The number of ether oxygens (including phenoxy) is 3. The Bertz CT molecular complexity index is 1770. The summed E-state index contributed by atoms with van der Waals surface area (Å²) in [6.45, 7) is 3.32. The first kappa shape index (κ1) is 31.1. The van der Waals surface area contributed by atoms with Crippen LogP contribution in [0.25, 0.3) is 0 Å². The van der Waals surface area contributed by atoms with Crippen LogP contribution in [0, 0.1) is 5.82 Å². The first-order valence-electron chi connectivity index (χ1n) is 14.6. The second-order valence-electron chi connectivity index (χ2n) is 10.9. The molecule has 2 aliphatic heterocycles. The zero-order valence-electron chi connectivity index (χ0n) is 25.7. The predicted molar refractivity (Wildman–Crippen MR) is 176 cm³/mol. The van der Waals surface area contributed by atoms with E-state index in [0.29, 0.717) is 52.2 Å². The van der Waals surface area contributed by atoms with Crippen LogP contribution in [0.15, 0.2) is 65.8 Å². The van der Waals surface area contributed by atoms with Crippen LogP contribution in [-0.2, 0) is 11.2 Å². The van der Waals surface area contributed by atoms with E-state index in [1.165, 1.54) is 12.1 Å². The number of piperazine rings is 1. The second kappa shape index (κ2) is 13.2. The SMILES string of the molecule is COc1cc(Cc2cnc(/N=C3\C(=O)N(CN4CCN(c5ccc(F)cc5)CC4)c4ccc(Cl)cc43)nc2N)cc(OC)c1OC. The smallest absolute Gasteiger partial charge is 0.278 e. The molecule has 0 atom stereocenters. The summed E-state index contributed by atoms with van der Waals surface area (Å²) in [7, 11) is 4.66. The Morgan fingerprint density at radius 1 is 0.957 bits per heavy atom. The quantitative estimate of drug-likeness (QED) is 0.276. The van der Waals surface area contributed by atoms with Crippen molar-refractivity contribution >= 4 is 46.4 Å². The molecule has 238 valence electrons. The number of carbonyl (C=O) groups excluding carboxylic acids is 1. The number of methoxy groups -OCH3 is 3. The molecule has 3 heterocycles. The normalized spacial score (nSPS) is 15.8. The second-order valence-corrected chi connectivity index (χ2v) is 11.3. The van der Waals surface area contributed by atoms with Crippen molar-refractivity contribution in [1.29, 1.82) is 0 Å². The van der Waals surface area contributed by atoms with Crippen LogP contribution in [0.4, 0.5) is 27.5 Å². The van der Waals surface area contributed by atoms with Gasteiger partial charge in [-0.25, -0.2) is 14.4 Å².